The van der Waals surface area contributed by atoms with Crippen LogP contribution in [0.5, 0.6) is 0 Å². The highest BCUT2D eigenvalue weighted by molar-refractivity contribution is 6.06. The minimum Gasteiger partial charge on any atom is -0.366 e. The van der Waals surface area contributed by atoms with Crippen molar-refractivity contribution in [1.29, 1.82) is 0 Å². The molecule has 2 aromatic carbocycles. The zero-order valence-electron chi connectivity index (χ0n) is 16.0. The SMILES string of the molecule is Cc1nc(NCc2cccc(F)c2)nc(-n2c(C)cc3c(C(N)=O)cccc32)n1. The lowest BCUT2D eigenvalue weighted by Crippen LogP contribution is -2.12. The molecule has 0 bridgehead atoms. The summed E-state index contributed by atoms with van der Waals surface area (Å²) in [5, 5.41) is 3.85. The lowest BCUT2D eigenvalue weighted by molar-refractivity contribution is 0.100. The number of carbonyl (C=O) groups is 1. The second kappa shape index (κ2) is 7.31. The fraction of sp³-hybridized carbons (Fsp3) is 0.143. The van der Waals surface area contributed by atoms with E-state index in [9.17, 15) is 9.18 Å². The van der Waals surface area contributed by atoms with Crippen LogP contribution in [-0.2, 0) is 6.54 Å². The normalized spacial score (nSPS) is 11.0. The molecule has 2 heterocycles. The number of nitrogens with two attached hydrogens (primary N) is 1. The van der Waals surface area contributed by atoms with Gasteiger partial charge in [0.1, 0.15) is 11.6 Å². The molecule has 0 aliphatic heterocycles. The molecule has 146 valence electrons. The Kier molecular flexibility index (Phi) is 4.67. The molecule has 0 unspecified atom stereocenters. The van der Waals surface area contributed by atoms with Gasteiger partial charge >= 0.3 is 0 Å². The van der Waals surface area contributed by atoms with Gasteiger partial charge in [-0.3, -0.25) is 9.36 Å². The predicted molar refractivity (Wildman–Crippen MR) is 108 cm³/mol. The van der Waals surface area contributed by atoms with Crippen molar-refractivity contribution < 1.29 is 9.18 Å². The van der Waals surface area contributed by atoms with Crippen LogP contribution >= 0.6 is 0 Å². The van der Waals surface area contributed by atoms with E-state index >= 15 is 0 Å². The monoisotopic (exact) mass is 390 g/mol. The van der Waals surface area contributed by atoms with Crippen molar-refractivity contribution in [3.63, 3.8) is 0 Å². The molecule has 0 saturated carbocycles. The number of rotatable bonds is 5. The van der Waals surface area contributed by atoms with Crippen molar-refractivity contribution in [3.8, 4) is 5.95 Å². The van der Waals surface area contributed by atoms with E-state index in [2.05, 4.69) is 20.3 Å². The molecule has 29 heavy (non-hydrogen) atoms. The molecule has 7 nitrogen and oxygen atoms in total. The van der Waals surface area contributed by atoms with Crippen LogP contribution in [0.25, 0.3) is 16.9 Å². The number of primary amides is 1. The summed E-state index contributed by atoms with van der Waals surface area (Å²) >= 11 is 0. The van der Waals surface area contributed by atoms with Crippen LogP contribution in [0.15, 0.2) is 48.5 Å². The quantitative estimate of drug-likeness (QED) is 0.545. The minimum absolute atomic E-state index is 0.295. The summed E-state index contributed by atoms with van der Waals surface area (Å²) in [5.41, 5.74) is 8.36. The Morgan fingerprint density at radius 2 is 1.90 bits per heavy atom. The third-order valence-corrected chi connectivity index (χ3v) is 4.57. The van der Waals surface area contributed by atoms with Crippen molar-refractivity contribution in [1.82, 2.24) is 19.5 Å². The fourth-order valence-electron chi connectivity index (χ4n) is 3.32. The van der Waals surface area contributed by atoms with E-state index in [-0.39, 0.29) is 5.82 Å². The molecular weight excluding hydrogens is 371 g/mol. The summed E-state index contributed by atoms with van der Waals surface area (Å²) in [6.07, 6.45) is 0. The van der Waals surface area contributed by atoms with Gasteiger partial charge in [0.15, 0.2) is 0 Å². The first-order chi connectivity index (χ1) is 13.9. The maximum Gasteiger partial charge on any atom is 0.249 e. The topological polar surface area (TPSA) is 98.7 Å². The van der Waals surface area contributed by atoms with Gasteiger partial charge in [0.2, 0.25) is 17.8 Å². The fourth-order valence-corrected chi connectivity index (χ4v) is 3.32. The number of halogens is 1. The Balaban J connectivity index is 1.73. The van der Waals surface area contributed by atoms with E-state index in [0.29, 0.717) is 29.8 Å². The molecule has 4 rings (SSSR count). The van der Waals surface area contributed by atoms with Crippen molar-refractivity contribution in [2.24, 2.45) is 5.73 Å². The summed E-state index contributed by atoms with van der Waals surface area (Å²) < 4.78 is 15.2. The van der Waals surface area contributed by atoms with Gasteiger partial charge in [-0.15, -0.1) is 0 Å². The second-order valence-electron chi connectivity index (χ2n) is 6.71. The number of hydrogen-bond acceptors (Lipinski definition) is 5. The number of benzene rings is 2. The van der Waals surface area contributed by atoms with Crippen LogP contribution in [0.2, 0.25) is 0 Å². The lowest BCUT2D eigenvalue weighted by Gasteiger charge is -2.11. The summed E-state index contributed by atoms with van der Waals surface area (Å²) in [5.74, 6) is 0.551. The molecule has 2 aromatic heterocycles. The van der Waals surface area contributed by atoms with Crippen LogP contribution < -0.4 is 11.1 Å². The maximum absolute atomic E-state index is 13.4. The van der Waals surface area contributed by atoms with Gasteiger partial charge in [0, 0.05) is 23.2 Å². The molecule has 0 aliphatic carbocycles. The van der Waals surface area contributed by atoms with Gasteiger partial charge in [-0.1, -0.05) is 18.2 Å². The Labute approximate surface area is 166 Å². The molecule has 0 spiro atoms. The standard InChI is InChI=1S/C21H19FN6O/c1-12-9-17-16(19(23)29)7-4-8-18(17)28(12)21-26-13(2)25-20(27-21)24-11-14-5-3-6-15(22)10-14/h3-10H,11H2,1-2H3,(H2,23,29)(H,24,25,26,27). The number of aryl methyl sites for hydroxylation is 2. The van der Waals surface area contributed by atoms with Crippen molar-refractivity contribution in [3.05, 3.63) is 77.0 Å². The molecule has 3 N–H and O–H groups in total. The third kappa shape index (κ3) is 3.64. The van der Waals surface area contributed by atoms with E-state index in [4.69, 9.17) is 5.73 Å². The molecule has 0 aliphatic rings. The Morgan fingerprint density at radius 3 is 2.66 bits per heavy atom. The Hall–Kier alpha value is -3.81. The van der Waals surface area contributed by atoms with Gasteiger partial charge in [0.25, 0.3) is 0 Å². The van der Waals surface area contributed by atoms with Gasteiger partial charge in [-0.2, -0.15) is 15.0 Å². The highest BCUT2D eigenvalue weighted by atomic mass is 19.1. The Bertz CT molecular complexity index is 1230. The van der Waals surface area contributed by atoms with E-state index in [0.717, 1.165) is 22.2 Å². The first kappa shape index (κ1) is 18.5. The summed E-state index contributed by atoms with van der Waals surface area (Å²) in [6.45, 7) is 4.05. The molecule has 1 amide bonds. The van der Waals surface area contributed by atoms with E-state index in [1.807, 2.05) is 29.7 Å². The zero-order valence-corrected chi connectivity index (χ0v) is 16.0. The molecule has 0 saturated heterocycles. The summed E-state index contributed by atoms with van der Waals surface area (Å²) in [7, 11) is 0. The molecule has 0 fully saturated rings. The first-order valence-corrected chi connectivity index (χ1v) is 9.04. The highest BCUT2D eigenvalue weighted by Gasteiger charge is 2.16. The van der Waals surface area contributed by atoms with Gasteiger partial charge < -0.3 is 11.1 Å². The summed E-state index contributed by atoms with van der Waals surface area (Å²) in [6, 6.07) is 13.6. The number of aromatic nitrogens is 4. The largest absolute Gasteiger partial charge is 0.366 e. The maximum atomic E-state index is 13.4. The van der Waals surface area contributed by atoms with Crippen molar-refractivity contribution >= 4 is 22.8 Å². The number of nitrogens with zero attached hydrogens (tertiary/aromatic N) is 4. The van der Waals surface area contributed by atoms with Crippen LogP contribution in [-0.4, -0.2) is 25.4 Å². The van der Waals surface area contributed by atoms with Crippen LogP contribution in [0.1, 0.15) is 27.4 Å². The van der Waals surface area contributed by atoms with Crippen LogP contribution in [0.3, 0.4) is 0 Å². The summed E-state index contributed by atoms with van der Waals surface area (Å²) in [4.78, 5) is 25.1. The molecule has 0 atom stereocenters. The number of fused-ring (bicyclic) bond motifs is 1. The average Bonchev–Trinajstić information content (AvgIpc) is 3.01. The number of nitrogens with one attached hydrogen (secondary N) is 1. The smallest absolute Gasteiger partial charge is 0.249 e. The van der Waals surface area contributed by atoms with Gasteiger partial charge in [0.05, 0.1) is 5.52 Å². The van der Waals surface area contributed by atoms with E-state index < -0.39 is 5.91 Å². The van der Waals surface area contributed by atoms with Crippen molar-refractivity contribution in [2.75, 3.05) is 5.32 Å². The van der Waals surface area contributed by atoms with Gasteiger partial charge in [-0.05, 0) is 49.7 Å². The number of anilines is 1. The third-order valence-electron chi connectivity index (χ3n) is 4.57. The average molecular weight is 390 g/mol. The zero-order chi connectivity index (χ0) is 20.5. The number of amides is 1. The molecule has 4 aromatic rings. The van der Waals surface area contributed by atoms with Crippen molar-refractivity contribution in [2.45, 2.75) is 20.4 Å². The van der Waals surface area contributed by atoms with Gasteiger partial charge in [-0.25, -0.2) is 4.39 Å². The van der Waals surface area contributed by atoms with Crippen LogP contribution in [0, 0.1) is 19.7 Å². The first-order valence-electron chi connectivity index (χ1n) is 9.04. The number of carbonyl (C=O) groups excluding carboxylic acids is 1. The molecule has 8 heteroatoms. The molecular formula is C21H19FN6O. The highest BCUT2D eigenvalue weighted by Crippen LogP contribution is 2.25. The Morgan fingerprint density at radius 1 is 1.10 bits per heavy atom. The second-order valence-corrected chi connectivity index (χ2v) is 6.71. The molecule has 0 radical (unpaired) electrons. The lowest BCUT2D eigenvalue weighted by atomic mass is 10.1. The minimum atomic E-state index is -0.489. The van der Waals surface area contributed by atoms with E-state index in [1.165, 1.54) is 12.1 Å². The predicted octanol–water partition coefficient (Wildman–Crippen LogP) is 3.28. The number of hydrogen-bond donors (Lipinski definition) is 2. The van der Waals surface area contributed by atoms with E-state index in [1.54, 1.807) is 25.1 Å². The van der Waals surface area contributed by atoms with Crippen LogP contribution in [0.4, 0.5) is 10.3 Å².